The minimum Gasteiger partial charge on any atom is -0.494 e. The second kappa shape index (κ2) is 29.4. The molecule has 1 aromatic heterocycles. The highest BCUT2D eigenvalue weighted by atomic mass is 32.2. The average Bonchev–Trinajstić information content (AvgIpc) is 3.85. The molecule has 3 aromatic rings. The zero-order valence-corrected chi connectivity index (χ0v) is 44.5. The first kappa shape index (κ1) is 60.8. The van der Waals surface area contributed by atoms with Crippen LogP contribution >= 0.6 is 0 Å². The molecule has 1 aliphatic rings. The Morgan fingerprint density at radius 3 is 2.20 bits per heavy atom. The molecule has 2 heterocycles. The number of fused-ring (bicyclic) bond motifs is 1. The van der Waals surface area contributed by atoms with E-state index in [4.69, 9.17) is 23.8 Å². The van der Waals surface area contributed by atoms with Gasteiger partial charge in [-0.1, -0.05) is 6.07 Å². The van der Waals surface area contributed by atoms with Gasteiger partial charge in [-0.25, -0.2) is 18.5 Å². The van der Waals surface area contributed by atoms with Crippen molar-refractivity contribution in [3.8, 4) is 5.75 Å². The Morgan fingerprint density at radius 1 is 0.932 bits per heavy atom. The van der Waals surface area contributed by atoms with Crippen LogP contribution in [-0.2, 0) is 64.9 Å². The molecule has 0 aliphatic carbocycles. The quantitative estimate of drug-likeness (QED) is 0.0193. The van der Waals surface area contributed by atoms with Gasteiger partial charge in [0.15, 0.2) is 11.7 Å². The summed E-state index contributed by atoms with van der Waals surface area (Å²) in [6.45, 7) is 10.8. The molecule has 0 radical (unpaired) electrons. The maximum Gasteiger partial charge on any atom is 0.323 e. The van der Waals surface area contributed by atoms with Crippen LogP contribution in [0.25, 0.3) is 0 Å². The van der Waals surface area contributed by atoms with Crippen LogP contribution < -0.4 is 30.3 Å². The Bertz CT molecular complexity index is 2520. The average molecular weight is 1080 g/mol. The number of ether oxygens (including phenoxy) is 4. The summed E-state index contributed by atoms with van der Waals surface area (Å²) in [7, 11) is -7.11. The third-order valence-corrected chi connectivity index (χ3v) is 13.9. The topological polar surface area (TPSA) is 324 Å². The standard InChI is InChI=1S/C48H72N8O16S2/c1-33-25-37(71-20-9-12-43(59)49-15-10-19-69-22-24-70-23-21-68-18-8-7-11-36(31-73(63,64)65)56(32-57)72-48(3,4)5)26-34(2)44(33)74(66,67)54-39(46(61)62)30-52-45(60)41-28-42(58)38-14-13-35(27-40(38)55(41)6)29-53-47-50-16-17-51-47/h13-14,16-17,25-27,32,36,39,41,54H,7-12,15,18-24,28-31H2,1-6H3,(H,49,59)(H,52,60)(H,61,62)(H2,50,51,53)(H,63,64,65). The monoisotopic (exact) mass is 1080 g/mol. The lowest BCUT2D eigenvalue weighted by atomic mass is 9.93. The van der Waals surface area contributed by atoms with Crippen LogP contribution in [0.2, 0.25) is 0 Å². The number of likely N-dealkylation sites (N-methyl/N-ethyl adjacent to an activating group) is 1. The van der Waals surface area contributed by atoms with Crippen molar-refractivity contribution in [2.24, 2.45) is 0 Å². The third kappa shape index (κ3) is 20.9. The first-order valence-electron chi connectivity index (χ1n) is 24.2. The lowest BCUT2D eigenvalue weighted by Crippen LogP contribution is -2.54. The Balaban J connectivity index is 1.07. The number of aliphatic carboxylic acids is 1. The van der Waals surface area contributed by atoms with E-state index in [0.29, 0.717) is 108 Å². The Kier molecular flexibility index (Phi) is 24.1. The third-order valence-electron chi connectivity index (χ3n) is 11.3. The van der Waals surface area contributed by atoms with E-state index in [-0.39, 0.29) is 53.6 Å². The number of anilines is 2. The van der Waals surface area contributed by atoms with Crippen molar-refractivity contribution in [1.82, 2.24) is 30.4 Å². The fourth-order valence-electron chi connectivity index (χ4n) is 7.85. The van der Waals surface area contributed by atoms with Gasteiger partial charge in [0.1, 0.15) is 17.8 Å². The molecule has 0 bridgehead atoms. The largest absolute Gasteiger partial charge is 0.494 e. The number of aryl methyl sites for hydroxylation is 2. The molecule has 7 N–H and O–H groups in total. The smallest absolute Gasteiger partial charge is 0.323 e. The summed E-state index contributed by atoms with van der Waals surface area (Å²) in [4.78, 5) is 76.8. The van der Waals surface area contributed by atoms with Crippen molar-refractivity contribution >= 4 is 61.8 Å². The van der Waals surface area contributed by atoms with Gasteiger partial charge in [0.2, 0.25) is 28.2 Å². The van der Waals surface area contributed by atoms with Crippen LogP contribution in [0.4, 0.5) is 11.6 Å². The number of hydrogen-bond donors (Lipinski definition) is 7. The second-order valence-electron chi connectivity index (χ2n) is 18.6. The number of carboxylic acids is 1. The molecule has 1 aliphatic heterocycles. The number of carbonyl (C=O) groups is 5. The van der Waals surface area contributed by atoms with Gasteiger partial charge in [0, 0.05) is 76.4 Å². The Labute approximate surface area is 432 Å². The number of rotatable bonds is 35. The number of carboxylic acid groups (broad SMARTS) is 1. The molecule has 0 spiro atoms. The van der Waals surface area contributed by atoms with E-state index >= 15 is 0 Å². The number of amides is 3. The van der Waals surface area contributed by atoms with Gasteiger partial charge >= 0.3 is 5.97 Å². The van der Waals surface area contributed by atoms with Crippen molar-refractivity contribution in [1.29, 1.82) is 0 Å². The van der Waals surface area contributed by atoms with Gasteiger partial charge in [-0.2, -0.15) is 13.1 Å². The summed E-state index contributed by atoms with van der Waals surface area (Å²) >= 11 is 0. The second-order valence-corrected chi connectivity index (χ2v) is 21.7. The predicted molar refractivity (Wildman–Crippen MR) is 272 cm³/mol. The Hall–Kier alpha value is -5.74. The van der Waals surface area contributed by atoms with Crippen LogP contribution in [0.15, 0.2) is 47.6 Å². The van der Waals surface area contributed by atoms with Crippen molar-refractivity contribution in [2.45, 2.75) is 115 Å². The van der Waals surface area contributed by atoms with Gasteiger partial charge in [-0.3, -0.25) is 33.4 Å². The van der Waals surface area contributed by atoms with E-state index in [0.717, 1.165) is 10.6 Å². The van der Waals surface area contributed by atoms with Crippen LogP contribution in [0.1, 0.15) is 92.8 Å². The normalized spacial score (nSPS) is 14.7. The highest BCUT2D eigenvalue weighted by Crippen LogP contribution is 2.31. The van der Waals surface area contributed by atoms with E-state index in [2.05, 4.69) is 30.6 Å². The van der Waals surface area contributed by atoms with Gasteiger partial charge in [-0.15, -0.1) is 0 Å². The van der Waals surface area contributed by atoms with Gasteiger partial charge in [0.25, 0.3) is 10.1 Å². The van der Waals surface area contributed by atoms with E-state index in [1.807, 2.05) is 0 Å². The number of aromatic amines is 1. The van der Waals surface area contributed by atoms with Crippen molar-refractivity contribution in [3.63, 3.8) is 0 Å². The zero-order chi connectivity index (χ0) is 54.5. The Morgan fingerprint density at radius 2 is 1.59 bits per heavy atom. The minimum atomic E-state index is -4.43. The number of imidazole rings is 1. The van der Waals surface area contributed by atoms with Gasteiger partial charge < -0.3 is 49.9 Å². The summed E-state index contributed by atoms with van der Waals surface area (Å²) in [5.74, 6) is -2.33. The number of Topliss-reactive ketones (excluding diaryl/α,β-unsaturated/α-hetero) is 1. The number of unbranched alkanes of at least 4 members (excludes halogenated alkanes) is 1. The number of ketones is 1. The zero-order valence-electron chi connectivity index (χ0n) is 42.8. The van der Waals surface area contributed by atoms with Crippen molar-refractivity contribution < 1.29 is 74.3 Å². The number of aromatic nitrogens is 2. The minimum absolute atomic E-state index is 0.150. The molecular formula is C48H72N8O16S2. The van der Waals surface area contributed by atoms with Crippen LogP contribution in [0.5, 0.6) is 5.75 Å². The van der Waals surface area contributed by atoms with Crippen LogP contribution in [0, 0.1) is 13.8 Å². The van der Waals surface area contributed by atoms with Gasteiger partial charge in [0.05, 0.1) is 55.3 Å². The van der Waals surface area contributed by atoms with E-state index < -0.39 is 68.0 Å². The number of hydroxylamine groups is 2. The maximum absolute atomic E-state index is 13.6. The maximum atomic E-state index is 13.6. The molecule has 4 rings (SSSR count). The molecule has 2 aromatic carbocycles. The molecule has 412 valence electrons. The fourth-order valence-corrected chi connectivity index (χ4v) is 10.3. The summed E-state index contributed by atoms with van der Waals surface area (Å²) in [6, 6.07) is 4.71. The molecule has 26 heteroatoms. The molecular weight excluding hydrogens is 1010 g/mol. The lowest BCUT2D eigenvalue weighted by Gasteiger charge is -2.34. The summed E-state index contributed by atoms with van der Waals surface area (Å²) in [5, 5.41) is 19.4. The number of nitrogens with zero attached hydrogens (tertiary/aromatic N) is 3. The number of hydrogen-bond acceptors (Lipinski definition) is 17. The predicted octanol–water partition coefficient (Wildman–Crippen LogP) is 2.91. The molecule has 74 heavy (non-hydrogen) atoms. The fraction of sp³-hybridized carbons (Fsp3) is 0.583. The number of benzene rings is 2. The van der Waals surface area contributed by atoms with Crippen molar-refractivity contribution in [3.05, 3.63) is 65.0 Å². The van der Waals surface area contributed by atoms with Gasteiger partial charge in [-0.05, 0) is 108 Å². The summed E-state index contributed by atoms with van der Waals surface area (Å²) < 4.78 is 84.2. The van der Waals surface area contributed by atoms with Crippen LogP contribution in [-0.4, -0.2) is 167 Å². The van der Waals surface area contributed by atoms with Crippen molar-refractivity contribution in [2.75, 3.05) is 82.4 Å². The first-order chi connectivity index (χ1) is 35.0. The molecule has 0 fully saturated rings. The van der Waals surface area contributed by atoms with E-state index in [9.17, 15) is 50.5 Å². The van der Waals surface area contributed by atoms with E-state index in [1.165, 1.54) is 12.1 Å². The highest BCUT2D eigenvalue weighted by molar-refractivity contribution is 7.89. The SMILES string of the molecule is Cc1cc(OCCCC(=O)NCCCOCCOCCOCCCCC(CS(=O)(=O)O)N(C=O)OC(C)(C)C)cc(C)c1S(=O)(=O)NC(CNC(=O)C1CC(=O)c2ccc(CNc3ncc[nH]3)cc2N1C)C(=O)O. The lowest BCUT2D eigenvalue weighted by molar-refractivity contribution is -0.230. The number of sulfonamides is 1. The molecule has 3 atom stereocenters. The summed E-state index contributed by atoms with van der Waals surface area (Å²) in [5.41, 5.74) is 1.62. The number of H-pyrrole nitrogens is 1. The number of nitrogens with one attached hydrogen (secondary N) is 5. The molecule has 24 nitrogen and oxygen atoms in total. The van der Waals surface area contributed by atoms with E-state index in [1.54, 1.807) is 77.2 Å². The highest BCUT2D eigenvalue weighted by Gasteiger charge is 2.36. The molecule has 0 saturated heterocycles. The first-order valence-corrected chi connectivity index (χ1v) is 27.3. The number of carbonyl (C=O) groups excluding carboxylic acids is 4. The molecule has 3 amide bonds. The molecule has 3 unspecified atom stereocenters. The van der Waals surface area contributed by atoms with Crippen LogP contribution in [0.3, 0.4) is 0 Å². The molecule has 0 saturated carbocycles. The summed E-state index contributed by atoms with van der Waals surface area (Å²) in [6.07, 6.45) is 6.07.